The van der Waals surface area contributed by atoms with E-state index in [0.29, 0.717) is 22.2 Å². The van der Waals surface area contributed by atoms with Gasteiger partial charge in [-0.2, -0.15) is 0 Å². The van der Waals surface area contributed by atoms with E-state index in [9.17, 15) is 4.79 Å². The van der Waals surface area contributed by atoms with Gasteiger partial charge in [-0.1, -0.05) is 44.5 Å². The Morgan fingerprint density at radius 3 is 2.44 bits per heavy atom. The molecular weight excluding hydrogens is 338 g/mol. The van der Waals surface area contributed by atoms with Crippen LogP contribution in [0, 0.1) is 0 Å². The summed E-state index contributed by atoms with van der Waals surface area (Å²) in [5.74, 6) is 0.922. The van der Waals surface area contributed by atoms with Crippen molar-refractivity contribution >= 4 is 23.2 Å². The van der Waals surface area contributed by atoms with Gasteiger partial charge in [-0.15, -0.1) is 0 Å². The maximum Gasteiger partial charge on any atom is 0.262 e. The Morgan fingerprint density at radius 2 is 1.84 bits per heavy atom. The van der Waals surface area contributed by atoms with E-state index in [1.807, 2.05) is 24.3 Å². The zero-order valence-electron chi connectivity index (χ0n) is 15.1. The van der Waals surface area contributed by atoms with Crippen LogP contribution in [0.2, 0.25) is 5.02 Å². The molecule has 4 nitrogen and oxygen atoms in total. The SMILES string of the molecule is CCC(C)(C)c1ccc(OCC(=O)Nc2cc(Cl)ccc2OC)cc1. The first-order valence-corrected chi connectivity index (χ1v) is 8.60. The van der Waals surface area contributed by atoms with Crippen molar-refractivity contribution in [3.63, 3.8) is 0 Å². The van der Waals surface area contributed by atoms with E-state index >= 15 is 0 Å². The molecule has 0 aliphatic rings. The standard InChI is InChI=1S/C20H24ClNO3/c1-5-20(2,3)14-6-9-16(10-7-14)25-13-19(23)22-17-12-15(21)8-11-18(17)24-4/h6-12H,5,13H2,1-4H3,(H,22,23). The van der Waals surface area contributed by atoms with Crippen LogP contribution in [0.5, 0.6) is 11.5 Å². The summed E-state index contributed by atoms with van der Waals surface area (Å²) in [5, 5.41) is 3.26. The zero-order valence-corrected chi connectivity index (χ0v) is 15.8. The second kappa shape index (κ2) is 8.26. The minimum atomic E-state index is -0.279. The summed E-state index contributed by atoms with van der Waals surface area (Å²) in [7, 11) is 1.54. The highest BCUT2D eigenvalue weighted by molar-refractivity contribution is 6.31. The molecule has 1 amide bonds. The first-order chi connectivity index (χ1) is 11.9. The summed E-state index contributed by atoms with van der Waals surface area (Å²) < 4.78 is 10.8. The lowest BCUT2D eigenvalue weighted by Crippen LogP contribution is -2.20. The highest BCUT2D eigenvalue weighted by atomic mass is 35.5. The van der Waals surface area contributed by atoms with Crippen molar-refractivity contribution in [2.75, 3.05) is 19.0 Å². The van der Waals surface area contributed by atoms with Crippen LogP contribution in [0.25, 0.3) is 0 Å². The summed E-state index contributed by atoms with van der Waals surface area (Å²) >= 11 is 5.96. The van der Waals surface area contributed by atoms with Crippen LogP contribution in [-0.2, 0) is 10.2 Å². The third-order valence-corrected chi connectivity index (χ3v) is 4.56. The molecule has 0 aliphatic heterocycles. The van der Waals surface area contributed by atoms with Gasteiger partial charge in [0.2, 0.25) is 0 Å². The Morgan fingerprint density at radius 1 is 1.16 bits per heavy atom. The van der Waals surface area contributed by atoms with Crippen molar-refractivity contribution in [2.45, 2.75) is 32.6 Å². The number of nitrogens with one attached hydrogen (secondary N) is 1. The molecule has 0 aliphatic carbocycles. The molecule has 134 valence electrons. The van der Waals surface area contributed by atoms with Gasteiger partial charge in [-0.05, 0) is 47.7 Å². The van der Waals surface area contributed by atoms with E-state index in [0.717, 1.165) is 6.42 Å². The number of methoxy groups -OCH3 is 1. The summed E-state index contributed by atoms with van der Waals surface area (Å²) in [6.45, 7) is 6.48. The van der Waals surface area contributed by atoms with Gasteiger partial charge in [-0.25, -0.2) is 0 Å². The van der Waals surface area contributed by atoms with Crippen LogP contribution in [0.15, 0.2) is 42.5 Å². The van der Waals surface area contributed by atoms with Gasteiger partial charge in [0.15, 0.2) is 6.61 Å². The van der Waals surface area contributed by atoms with Crippen LogP contribution < -0.4 is 14.8 Å². The summed E-state index contributed by atoms with van der Waals surface area (Å²) in [6, 6.07) is 12.9. The molecule has 0 radical (unpaired) electrons. The third kappa shape index (κ3) is 5.13. The molecule has 2 aromatic carbocycles. The van der Waals surface area contributed by atoms with E-state index in [1.54, 1.807) is 18.2 Å². The fourth-order valence-electron chi connectivity index (χ4n) is 2.32. The number of amides is 1. The molecule has 25 heavy (non-hydrogen) atoms. The quantitative estimate of drug-likeness (QED) is 0.750. The maximum atomic E-state index is 12.1. The van der Waals surface area contributed by atoms with Crippen molar-refractivity contribution in [3.05, 3.63) is 53.1 Å². The summed E-state index contributed by atoms with van der Waals surface area (Å²) in [5.41, 5.74) is 1.89. The Balaban J connectivity index is 1.95. The molecule has 2 aromatic rings. The highest BCUT2D eigenvalue weighted by Crippen LogP contribution is 2.29. The fraction of sp³-hybridized carbons (Fsp3) is 0.350. The number of carbonyl (C=O) groups excluding carboxylic acids is 1. The first-order valence-electron chi connectivity index (χ1n) is 8.22. The topological polar surface area (TPSA) is 47.6 Å². The zero-order chi connectivity index (χ0) is 18.4. The van der Waals surface area contributed by atoms with Gasteiger partial charge >= 0.3 is 0 Å². The summed E-state index contributed by atoms with van der Waals surface area (Å²) in [6.07, 6.45) is 1.05. The second-order valence-electron chi connectivity index (χ2n) is 6.44. The monoisotopic (exact) mass is 361 g/mol. The van der Waals surface area contributed by atoms with E-state index in [-0.39, 0.29) is 17.9 Å². The fourth-order valence-corrected chi connectivity index (χ4v) is 2.49. The molecule has 0 heterocycles. The smallest absolute Gasteiger partial charge is 0.262 e. The number of anilines is 1. The average Bonchev–Trinajstić information content (AvgIpc) is 2.60. The van der Waals surface area contributed by atoms with Crippen LogP contribution in [-0.4, -0.2) is 19.6 Å². The van der Waals surface area contributed by atoms with E-state index < -0.39 is 0 Å². The molecule has 0 aromatic heterocycles. The lowest BCUT2D eigenvalue weighted by atomic mass is 9.82. The lowest BCUT2D eigenvalue weighted by Gasteiger charge is -2.23. The average molecular weight is 362 g/mol. The molecule has 0 unspecified atom stereocenters. The second-order valence-corrected chi connectivity index (χ2v) is 6.88. The Bertz CT molecular complexity index is 726. The normalized spacial score (nSPS) is 11.1. The Kier molecular flexibility index (Phi) is 6.32. The van der Waals surface area contributed by atoms with Crippen molar-refractivity contribution in [3.8, 4) is 11.5 Å². The maximum absolute atomic E-state index is 12.1. The van der Waals surface area contributed by atoms with Crippen molar-refractivity contribution in [1.82, 2.24) is 0 Å². The molecule has 0 saturated heterocycles. The number of benzene rings is 2. The predicted molar refractivity (Wildman–Crippen MR) is 102 cm³/mol. The van der Waals surface area contributed by atoms with Crippen LogP contribution in [0.3, 0.4) is 0 Å². The van der Waals surface area contributed by atoms with Gasteiger partial charge in [0.1, 0.15) is 11.5 Å². The molecule has 0 saturated carbocycles. The van der Waals surface area contributed by atoms with E-state index in [2.05, 4.69) is 26.1 Å². The van der Waals surface area contributed by atoms with Crippen LogP contribution in [0.4, 0.5) is 5.69 Å². The molecule has 5 heteroatoms. The van der Waals surface area contributed by atoms with Crippen LogP contribution >= 0.6 is 11.6 Å². The molecule has 0 bridgehead atoms. The Labute approximate surface area is 154 Å². The number of hydrogen-bond donors (Lipinski definition) is 1. The van der Waals surface area contributed by atoms with Gasteiger partial charge in [0, 0.05) is 5.02 Å². The largest absolute Gasteiger partial charge is 0.495 e. The summed E-state index contributed by atoms with van der Waals surface area (Å²) in [4.78, 5) is 12.1. The number of hydrogen-bond acceptors (Lipinski definition) is 3. The molecule has 1 N–H and O–H groups in total. The highest BCUT2D eigenvalue weighted by Gasteiger charge is 2.17. The van der Waals surface area contributed by atoms with Crippen LogP contribution in [0.1, 0.15) is 32.8 Å². The van der Waals surface area contributed by atoms with E-state index in [1.165, 1.54) is 12.7 Å². The Hall–Kier alpha value is -2.20. The number of ether oxygens (including phenoxy) is 2. The van der Waals surface area contributed by atoms with E-state index in [4.69, 9.17) is 21.1 Å². The molecule has 0 spiro atoms. The predicted octanol–water partition coefficient (Wildman–Crippen LogP) is 5.05. The molecule has 0 fully saturated rings. The van der Waals surface area contributed by atoms with Crippen molar-refractivity contribution < 1.29 is 14.3 Å². The van der Waals surface area contributed by atoms with Gasteiger partial charge in [0.25, 0.3) is 5.91 Å². The number of rotatable bonds is 7. The minimum Gasteiger partial charge on any atom is -0.495 e. The lowest BCUT2D eigenvalue weighted by molar-refractivity contribution is -0.118. The molecule has 0 atom stereocenters. The van der Waals surface area contributed by atoms with Gasteiger partial charge in [-0.3, -0.25) is 4.79 Å². The number of halogens is 1. The van der Waals surface area contributed by atoms with Crippen molar-refractivity contribution in [1.29, 1.82) is 0 Å². The molecular formula is C20H24ClNO3. The van der Waals surface area contributed by atoms with Gasteiger partial charge < -0.3 is 14.8 Å². The first kappa shape index (κ1) is 19.1. The minimum absolute atomic E-state index is 0.0911. The third-order valence-electron chi connectivity index (χ3n) is 4.33. The molecule has 2 rings (SSSR count). The number of carbonyl (C=O) groups is 1. The van der Waals surface area contributed by atoms with Gasteiger partial charge in [0.05, 0.1) is 12.8 Å². The van der Waals surface area contributed by atoms with Crippen molar-refractivity contribution in [2.24, 2.45) is 0 Å².